The Morgan fingerprint density at radius 3 is 2.75 bits per heavy atom. The second kappa shape index (κ2) is 4.81. The van der Waals surface area contributed by atoms with E-state index in [0.717, 1.165) is 0 Å². The molecule has 1 aromatic rings. The highest BCUT2D eigenvalue weighted by molar-refractivity contribution is 6.31. The summed E-state index contributed by atoms with van der Waals surface area (Å²) >= 11 is 5.92. The van der Waals surface area contributed by atoms with Crippen molar-refractivity contribution in [2.75, 3.05) is 13.2 Å². The van der Waals surface area contributed by atoms with Gasteiger partial charge >= 0.3 is 5.97 Å². The zero-order valence-electron chi connectivity index (χ0n) is 10.7. The SMILES string of the molecule is O=C(O)CC1(c2c(F)c(Cl)cc3c2OCCCO3)CC1. The average molecular weight is 301 g/mol. The third-order valence-electron chi connectivity index (χ3n) is 3.80. The van der Waals surface area contributed by atoms with Crippen LogP contribution in [0, 0.1) is 5.82 Å². The maximum Gasteiger partial charge on any atom is 0.304 e. The second-order valence-corrected chi connectivity index (χ2v) is 5.68. The molecular weight excluding hydrogens is 287 g/mol. The molecule has 108 valence electrons. The minimum absolute atomic E-state index is 0.0547. The average Bonchev–Trinajstić information content (AvgIpc) is 3.15. The molecule has 1 aromatic carbocycles. The van der Waals surface area contributed by atoms with Crippen molar-refractivity contribution in [1.29, 1.82) is 0 Å². The predicted octanol–water partition coefficient (Wildman–Crippen LogP) is 3.15. The number of hydrogen-bond acceptors (Lipinski definition) is 3. The monoisotopic (exact) mass is 300 g/mol. The van der Waals surface area contributed by atoms with Gasteiger partial charge in [-0.15, -0.1) is 0 Å². The summed E-state index contributed by atoms with van der Waals surface area (Å²) in [6.07, 6.45) is 1.80. The summed E-state index contributed by atoms with van der Waals surface area (Å²) in [6.45, 7) is 0.893. The van der Waals surface area contributed by atoms with Crippen molar-refractivity contribution in [3.8, 4) is 11.5 Å². The van der Waals surface area contributed by atoms with E-state index < -0.39 is 17.2 Å². The van der Waals surface area contributed by atoms with Crippen LogP contribution in [0.2, 0.25) is 5.02 Å². The lowest BCUT2D eigenvalue weighted by molar-refractivity contribution is -0.137. The molecule has 0 aromatic heterocycles. The molecule has 0 saturated heterocycles. The topological polar surface area (TPSA) is 55.8 Å². The Hall–Kier alpha value is -1.49. The molecule has 6 heteroatoms. The molecule has 0 amide bonds. The van der Waals surface area contributed by atoms with Gasteiger partial charge in [-0.25, -0.2) is 4.39 Å². The molecule has 1 aliphatic carbocycles. The van der Waals surface area contributed by atoms with Crippen LogP contribution in [0.3, 0.4) is 0 Å². The Bertz CT molecular complexity index is 569. The molecule has 3 rings (SSSR count). The van der Waals surface area contributed by atoms with Gasteiger partial charge in [0.05, 0.1) is 24.7 Å². The standard InChI is InChI=1S/C14H14ClFO4/c15-8-6-9-13(20-5-1-4-19-9)11(12(8)16)14(2-3-14)7-10(17)18/h6H,1-5,7H2,(H,17,18). The normalized spacial score (nSPS) is 19.3. The van der Waals surface area contributed by atoms with Crippen LogP contribution in [-0.4, -0.2) is 24.3 Å². The van der Waals surface area contributed by atoms with Gasteiger partial charge < -0.3 is 14.6 Å². The van der Waals surface area contributed by atoms with Gasteiger partial charge in [-0.2, -0.15) is 0 Å². The second-order valence-electron chi connectivity index (χ2n) is 5.28. The lowest BCUT2D eigenvalue weighted by Crippen LogP contribution is -2.17. The number of hydrogen-bond donors (Lipinski definition) is 1. The molecule has 0 bridgehead atoms. The number of carbonyl (C=O) groups is 1. The number of carboxylic acid groups (broad SMARTS) is 1. The number of ether oxygens (including phenoxy) is 2. The highest BCUT2D eigenvalue weighted by Gasteiger charge is 2.51. The van der Waals surface area contributed by atoms with Crippen LogP contribution >= 0.6 is 11.6 Å². The number of benzene rings is 1. The smallest absolute Gasteiger partial charge is 0.304 e. The van der Waals surface area contributed by atoms with E-state index in [1.54, 1.807) is 0 Å². The van der Waals surface area contributed by atoms with E-state index >= 15 is 0 Å². The van der Waals surface area contributed by atoms with Crippen LogP contribution < -0.4 is 9.47 Å². The Labute approximate surface area is 120 Å². The molecule has 20 heavy (non-hydrogen) atoms. The molecule has 1 aliphatic heterocycles. The predicted molar refractivity (Wildman–Crippen MR) is 70.2 cm³/mol. The number of carboxylic acids is 1. The van der Waals surface area contributed by atoms with Gasteiger partial charge in [0.2, 0.25) is 0 Å². The molecule has 0 atom stereocenters. The van der Waals surface area contributed by atoms with E-state index in [1.165, 1.54) is 6.07 Å². The first-order chi connectivity index (χ1) is 9.53. The zero-order valence-corrected chi connectivity index (χ0v) is 11.5. The van der Waals surface area contributed by atoms with Gasteiger partial charge in [0.25, 0.3) is 0 Å². The van der Waals surface area contributed by atoms with Gasteiger partial charge in [0.1, 0.15) is 5.82 Å². The van der Waals surface area contributed by atoms with Gasteiger partial charge in [0, 0.05) is 23.5 Å². The van der Waals surface area contributed by atoms with Gasteiger partial charge in [-0.05, 0) is 12.8 Å². The summed E-state index contributed by atoms with van der Waals surface area (Å²) in [5.74, 6) is -0.816. The minimum Gasteiger partial charge on any atom is -0.489 e. The van der Waals surface area contributed by atoms with E-state index in [0.29, 0.717) is 44.0 Å². The molecule has 4 nitrogen and oxygen atoms in total. The van der Waals surface area contributed by atoms with Crippen LogP contribution in [0.25, 0.3) is 0 Å². The lowest BCUT2D eigenvalue weighted by Gasteiger charge is -2.20. The van der Waals surface area contributed by atoms with Crippen LogP contribution in [0.5, 0.6) is 11.5 Å². The van der Waals surface area contributed by atoms with Crippen LogP contribution in [0.15, 0.2) is 6.07 Å². The summed E-state index contributed by atoms with van der Waals surface area (Å²) in [7, 11) is 0. The van der Waals surface area contributed by atoms with Crippen molar-refractivity contribution >= 4 is 17.6 Å². The van der Waals surface area contributed by atoms with E-state index in [2.05, 4.69) is 0 Å². The summed E-state index contributed by atoms with van der Waals surface area (Å²) in [5.41, 5.74) is -0.442. The fraction of sp³-hybridized carbons (Fsp3) is 0.500. The molecule has 1 heterocycles. The highest BCUT2D eigenvalue weighted by atomic mass is 35.5. The summed E-state index contributed by atoms with van der Waals surface area (Å²) < 4.78 is 25.6. The summed E-state index contributed by atoms with van der Waals surface area (Å²) in [5, 5.41) is 8.99. The number of rotatable bonds is 3. The highest BCUT2D eigenvalue weighted by Crippen LogP contribution is 2.57. The molecule has 0 spiro atoms. The van der Waals surface area contributed by atoms with Crippen LogP contribution in [-0.2, 0) is 10.2 Å². The Morgan fingerprint density at radius 1 is 1.40 bits per heavy atom. The zero-order chi connectivity index (χ0) is 14.3. The third-order valence-corrected chi connectivity index (χ3v) is 4.08. The first-order valence-electron chi connectivity index (χ1n) is 6.53. The number of aliphatic carboxylic acids is 1. The van der Waals surface area contributed by atoms with Crippen molar-refractivity contribution in [3.05, 3.63) is 22.5 Å². The third kappa shape index (κ3) is 2.20. The number of fused-ring (bicyclic) bond motifs is 1. The maximum atomic E-state index is 14.4. The lowest BCUT2D eigenvalue weighted by atomic mass is 9.90. The molecule has 0 unspecified atom stereocenters. The maximum absolute atomic E-state index is 14.4. The first-order valence-corrected chi connectivity index (χ1v) is 6.91. The van der Waals surface area contributed by atoms with Crippen molar-refractivity contribution in [1.82, 2.24) is 0 Å². The molecule has 1 fully saturated rings. The Kier molecular flexibility index (Phi) is 3.24. The van der Waals surface area contributed by atoms with E-state index in [9.17, 15) is 9.18 Å². The summed E-state index contributed by atoms with van der Waals surface area (Å²) in [6, 6.07) is 1.40. The first kappa shape index (κ1) is 13.5. The van der Waals surface area contributed by atoms with Crippen molar-refractivity contribution in [3.63, 3.8) is 0 Å². The quantitative estimate of drug-likeness (QED) is 0.931. The summed E-state index contributed by atoms with van der Waals surface area (Å²) in [4.78, 5) is 11.0. The molecular formula is C14H14ClFO4. The molecule has 0 radical (unpaired) electrons. The van der Waals surface area contributed by atoms with Crippen LogP contribution in [0.1, 0.15) is 31.2 Å². The fourth-order valence-electron chi connectivity index (χ4n) is 2.68. The van der Waals surface area contributed by atoms with Gasteiger partial charge in [-0.1, -0.05) is 11.6 Å². The minimum atomic E-state index is -0.954. The van der Waals surface area contributed by atoms with Crippen molar-refractivity contribution in [2.24, 2.45) is 0 Å². The fourth-order valence-corrected chi connectivity index (χ4v) is 2.87. The van der Waals surface area contributed by atoms with Crippen molar-refractivity contribution in [2.45, 2.75) is 31.1 Å². The largest absolute Gasteiger partial charge is 0.489 e. The van der Waals surface area contributed by atoms with Gasteiger partial charge in [0.15, 0.2) is 11.5 Å². The van der Waals surface area contributed by atoms with E-state index in [4.69, 9.17) is 26.2 Å². The van der Waals surface area contributed by atoms with E-state index in [1.807, 2.05) is 0 Å². The molecule has 1 N–H and O–H groups in total. The molecule has 1 saturated carbocycles. The number of halogens is 2. The van der Waals surface area contributed by atoms with Gasteiger partial charge in [-0.3, -0.25) is 4.79 Å². The Morgan fingerprint density at radius 2 is 2.10 bits per heavy atom. The van der Waals surface area contributed by atoms with E-state index in [-0.39, 0.29) is 17.0 Å². The van der Waals surface area contributed by atoms with Crippen LogP contribution in [0.4, 0.5) is 4.39 Å². The van der Waals surface area contributed by atoms with Crippen molar-refractivity contribution < 1.29 is 23.8 Å². The Balaban J connectivity index is 2.14. The molecule has 2 aliphatic rings.